The molecule has 1 aliphatic rings. The average molecular weight is 354 g/mol. The molecule has 0 unspecified atom stereocenters. The van der Waals surface area contributed by atoms with Gasteiger partial charge < -0.3 is 9.32 Å². The summed E-state index contributed by atoms with van der Waals surface area (Å²) in [6.45, 7) is 9.13. The fourth-order valence-corrected chi connectivity index (χ4v) is 4.51. The molecule has 3 rings (SSSR count). The number of sulfonamides is 1. The Morgan fingerprint density at radius 3 is 2.29 bits per heavy atom. The first-order chi connectivity index (χ1) is 11.3. The van der Waals surface area contributed by atoms with Crippen molar-refractivity contribution in [1.29, 1.82) is 0 Å². The fourth-order valence-electron chi connectivity index (χ4n) is 2.76. The highest BCUT2D eigenvalue weighted by Crippen LogP contribution is 2.24. The number of H-pyrrole nitrogens is 1. The molecule has 3 heterocycles. The second-order valence-electron chi connectivity index (χ2n) is 6.23. The number of piperazine rings is 1. The Bertz CT molecular complexity index is 798. The third kappa shape index (κ3) is 2.91. The van der Waals surface area contributed by atoms with E-state index >= 15 is 0 Å². The van der Waals surface area contributed by atoms with E-state index in [-0.39, 0.29) is 10.8 Å². The molecule has 0 saturated carbocycles. The predicted octanol–water partition coefficient (Wildman–Crippen LogP) is 1.04. The van der Waals surface area contributed by atoms with E-state index in [0.717, 1.165) is 0 Å². The molecule has 9 nitrogen and oxygen atoms in total. The molecule has 1 N–H and O–H groups in total. The topological polar surface area (TPSA) is 108 Å². The summed E-state index contributed by atoms with van der Waals surface area (Å²) in [5.74, 6) is 0.754. The highest BCUT2D eigenvalue weighted by atomic mass is 32.2. The van der Waals surface area contributed by atoms with Crippen LogP contribution in [0.3, 0.4) is 0 Å². The predicted molar refractivity (Wildman–Crippen MR) is 87.4 cm³/mol. The van der Waals surface area contributed by atoms with Crippen molar-refractivity contribution in [1.82, 2.24) is 24.7 Å². The van der Waals surface area contributed by atoms with Crippen LogP contribution in [0.2, 0.25) is 0 Å². The van der Waals surface area contributed by atoms with Gasteiger partial charge in [-0.15, -0.1) is 5.10 Å². The van der Waals surface area contributed by atoms with Crippen molar-refractivity contribution in [2.24, 2.45) is 0 Å². The van der Waals surface area contributed by atoms with E-state index in [1.807, 2.05) is 18.7 Å². The number of aromatic nitrogens is 4. The Morgan fingerprint density at radius 2 is 1.79 bits per heavy atom. The van der Waals surface area contributed by atoms with Crippen LogP contribution < -0.4 is 4.90 Å². The number of nitrogens with zero attached hydrogens (tertiary/aromatic N) is 5. The number of aryl methyl sites for hydroxylation is 2. The van der Waals surface area contributed by atoms with Crippen molar-refractivity contribution < 1.29 is 12.8 Å². The Hall–Kier alpha value is -1.94. The lowest BCUT2D eigenvalue weighted by molar-refractivity contribution is 0.367. The van der Waals surface area contributed by atoms with Gasteiger partial charge in [-0.2, -0.15) is 9.40 Å². The Morgan fingerprint density at radius 1 is 1.12 bits per heavy atom. The highest BCUT2D eigenvalue weighted by molar-refractivity contribution is 7.89. The lowest BCUT2D eigenvalue weighted by Crippen LogP contribution is -2.49. The third-order valence-corrected chi connectivity index (χ3v) is 6.25. The quantitative estimate of drug-likeness (QED) is 0.874. The SMILES string of the molecule is Cc1n[nH]c(C)c1S(=O)(=O)N1CCN(c2nnc(C(C)C)o2)CC1. The van der Waals surface area contributed by atoms with Gasteiger partial charge in [-0.05, 0) is 13.8 Å². The van der Waals surface area contributed by atoms with Crippen LogP contribution in [-0.4, -0.2) is 59.3 Å². The second-order valence-corrected chi connectivity index (χ2v) is 8.11. The lowest BCUT2D eigenvalue weighted by Gasteiger charge is -2.32. The minimum Gasteiger partial charge on any atom is -0.408 e. The first-order valence-electron chi connectivity index (χ1n) is 7.90. The Balaban J connectivity index is 1.72. The number of hydrogen-bond acceptors (Lipinski definition) is 7. The van der Waals surface area contributed by atoms with Crippen LogP contribution in [0.15, 0.2) is 9.31 Å². The van der Waals surface area contributed by atoms with E-state index < -0.39 is 10.0 Å². The molecule has 24 heavy (non-hydrogen) atoms. The van der Waals surface area contributed by atoms with Gasteiger partial charge in [0.25, 0.3) is 0 Å². The zero-order chi connectivity index (χ0) is 17.5. The number of anilines is 1. The number of aromatic amines is 1. The van der Waals surface area contributed by atoms with Gasteiger partial charge in [-0.25, -0.2) is 8.42 Å². The van der Waals surface area contributed by atoms with Crippen LogP contribution in [0.4, 0.5) is 6.01 Å². The van der Waals surface area contributed by atoms with Crippen LogP contribution in [0, 0.1) is 13.8 Å². The summed E-state index contributed by atoms with van der Waals surface area (Å²) in [4.78, 5) is 2.19. The summed E-state index contributed by atoms with van der Waals surface area (Å²) in [7, 11) is -3.55. The van der Waals surface area contributed by atoms with E-state index in [9.17, 15) is 8.42 Å². The zero-order valence-corrected chi connectivity index (χ0v) is 15.1. The normalized spacial score (nSPS) is 17.0. The van der Waals surface area contributed by atoms with E-state index in [1.165, 1.54) is 4.31 Å². The summed E-state index contributed by atoms with van der Waals surface area (Å²) < 4.78 is 32.8. The molecule has 0 radical (unpaired) electrons. The first-order valence-corrected chi connectivity index (χ1v) is 9.34. The van der Waals surface area contributed by atoms with Gasteiger partial charge in [0.2, 0.25) is 15.9 Å². The monoisotopic (exact) mass is 354 g/mol. The molecule has 0 aromatic carbocycles. The molecule has 1 saturated heterocycles. The van der Waals surface area contributed by atoms with Crippen LogP contribution in [0.5, 0.6) is 0 Å². The highest BCUT2D eigenvalue weighted by Gasteiger charge is 2.33. The van der Waals surface area contributed by atoms with Crippen LogP contribution in [-0.2, 0) is 10.0 Å². The van der Waals surface area contributed by atoms with Crippen molar-refractivity contribution in [2.45, 2.75) is 38.5 Å². The van der Waals surface area contributed by atoms with E-state index in [4.69, 9.17) is 4.42 Å². The molecule has 10 heteroatoms. The number of nitrogens with one attached hydrogen (secondary N) is 1. The second kappa shape index (κ2) is 6.17. The molecule has 0 bridgehead atoms. The molecule has 132 valence electrons. The maximum atomic E-state index is 12.8. The average Bonchev–Trinajstić information content (AvgIpc) is 3.15. The molecular weight excluding hydrogens is 332 g/mol. The van der Waals surface area contributed by atoms with Crippen molar-refractivity contribution in [3.63, 3.8) is 0 Å². The van der Waals surface area contributed by atoms with Gasteiger partial charge in [-0.1, -0.05) is 18.9 Å². The molecule has 0 amide bonds. The van der Waals surface area contributed by atoms with Gasteiger partial charge in [0.1, 0.15) is 4.90 Å². The van der Waals surface area contributed by atoms with Crippen molar-refractivity contribution >= 4 is 16.0 Å². The molecule has 2 aromatic rings. The Kier molecular flexibility index (Phi) is 4.35. The van der Waals surface area contributed by atoms with Gasteiger partial charge in [0.05, 0.1) is 11.4 Å². The van der Waals surface area contributed by atoms with Crippen LogP contribution in [0.25, 0.3) is 0 Å². The number of rotatable bonds is 4. The fraction of sp³-hybridized carbons (Fsp3) is 0.643. The standard InChI is InChI=1S/C14H22N6O3S/c1-9(2)13-17-18-14(23-13)19-5-7-20(8-6-19)24(21,22)12-10(3)15-16-11(12)4/h9H,5-8H2,1-4H3,(H,15,16). The maximum Gasteiger partial charge on any atom is 0.318 e. The molecule has 0 spiro atoms. The van der Waals surface area contributed by atoms with Crippen molar-refractivity contribution in [3.8, 4) is 0 Å². The van der Waals surface area contributed by atoms with Crippen molar-refractivity contribution in [2.75, 3.05) is 31.1 Å². The minimum atomic E-state index is -3.55. The summed E-state index contributed by atoms with van der Waals surface area (Å²) in [5, 5.41) is 14.8. The number of hydrogen-bond donors (Lipinski definition) is 1. The van der Waals surface area contributed by atoms with Gasteiger partial charge in [0.15, 0.2) is 0 Å². The molecular formula is C14H22N6O3S. The molecule has 0 atom stereocenters. The van der Waals surface area contributed by atoms with Gasteiger partial charge in [-0.3, -0.25) is 5.10 Å². The Labute approximate surface area is 141 Å². The van der Waals surface area contributed by atoms with E-state index in [2.05, 4.69) is 20.4 Å². The molecule has 2 aromatic heterocycles. The first kappa shape index (κ1) is 16.9. The molecule has 1 fully saturated rings. The van der Waals surface area contributed by atoms with E-state index in [0.29, 0.717) is 49.5 Å². The van der Waals surface area contributed by atoms with Crippen LogP contribution in [0.1, 0.15) is 37.0 Å². The summed E-state index contributed by atoms with van der Waals surface area (Å²) in [5.41, 5.74) is 1.06. The summed E-state index contributed by atoms with van der Waals surface area (Å²) >= 11 is 0. The molecule has 1 aliphatic heterocycles. The lowest BCUT2D eigenvalue weighted by atomic mass is 10.2. The van der Waals surface area contributed by atoms with Gasteiger partial charge >= 0.3 is 6.01 Å². The van der Waals surface area contributed by atoms with Gasteiger partial charge in [0, 0.05) is 32.1 Å². The largest absolute Gasteiger partial charge is 0.408 e. The smallest absolute Gasteiger partial charge is 0.318 e. The van der Waals surface area contributed by atoms with Crippen molar-refractivity contribution in [3.05, 3.63) is 17.3 Å². The summed E-state index contributed by atoms with van der Waals surface area (Å²) in [6, 6.07) is 0.450. The van der Waals surface area contributed by atoms with E-state index in [1.54, 1.807) is 13.8 Å². The zero-order valence-electron chi connectivity index (χ0n) is 14.3. The van der Waals surface area contributed by atoms with Crippen LogP contribution >= 0.6 is 0 Å². The maximum absolute atomic E-state index is 12.8. The minimum absolute atomic E-state index is 0.167. The molecule has 0 aliphatic carbocycles. The third-order valence-electron chi connectivity index (χ3n) is 4.09. The summed E-state index contributed by atoms with van der Waals surface area (Å²) in [6.07, 6.45) is 0.